The molecule has 0 unspecified atom stereocenters. The average Bonchev–Trinajstić information content (AvgIpc) is 2.96. The third kappa shape index (κ3) is 4.39. The second-order valence-electron chi connectivity index (χ2n) is 6.48. The molecular weight excluding hydrogens is 292 g/mol. The number of likely N-dealkylation sites (N-methyl/N-ethyl adjacent to an activating group) is 1. The lowest BCUT2D eigenvalue weighted by atomic mass is 10.2. The number of anilines is 1. The van der Waals surface area contributed by atoms with Gasteiger partial charge in [0.15, 0.2) is 5.82 Å². The molecule has 2 heterocycles. The van der Waals surface area contributed by atoms with Gasteiger partial charge in [-0.3, -0.25) is 4.79 Å². The van der Waals surface area contributed by atoms with Crippen LogP contribution in [0.2, 0.25) is 0 Å². The summed E-state index contributed by atoms with van der Waals surface area (Å²) in [5.41, 5.74) is 0.952. The van der Waals surface area contributed by atoms with Crippen molar-refractivity contribution in [2.24, 2.45) is 0 Å². The maximum absolute atomic E-state index is 12.5. The summed E-state index contributed by atoms with van der Waals surface area (Å²) in [5, 5.41) is 3.13. The molecule has 2 rings (SSSR count). The predicted octanol–water partition coefficient (Wildman–Crippen LogP) is 0.487. The van der Waals surface area contributed by atoms with Gasteiger partial charge in [0.1, 0.15) is 5.82 Å². The van der Waals surface area contributed by atoms with Gasteiger partial charge in [-0.05, 0) is 34.0 Å². The zero-order valence-corrected chi connectivity index (χ0v) is 14.8. The van der Waals surface area contributed by atoms with Crippen LogP contribution in [0.4, 0.5) is 5.82 Å². The molecule has 7 heteroatoms. The van der Waals surface area contributed by atoms with Gasteiger partial charge in [-0.1, -0.05) is 0 Å². The Labute approximate surface area is 138 Å². The highest BCUT2D eigenvalue weighted by Gasteiger charge is 2.32. The number of carbonyl (C=O) groups excluding carboxylic acids is 1. The van der Waals surface area contributed by atoms with Crippen LogP contribution in [0.3, 0.4) is 0 Å². The predicted molar refractivity (Wildman–Crippen MR) is 91.4 cm³/mol. The minimum Gasteiger partial charge on any atom is -0.363 e. The molecule has 1 N–H and O–H groups in total. The van der Waals surface area contributed by atoms with E-state index in [1.807, 2.05) is 56.0 Å². The van der Waals surface area contributed by atoms with E-state index in [0.29, 0.717) is 13.1 Å². The Balaban J connectivity index is 2.29. The topological polar surface area (TPSA) is 64.6 Å². The minimum atomic E-state index is -0.0158. The average molecular weight is 320 g/mol. The molecule has 1 saturated heterocycles. The molecule has 128 valence electrons. The lowest BCUT2D eigenvalue weighted by Gasteiger charge is -2.26. The summed E-state index contributed by atoms with van der Waals surface area (Å²) in [7, 11) is 9.67. The van der Waals surface area contributed by atoms with Crippen LogP contribution in [0.25, 0.3) is 0 Å². The molecular formula is C16H28N6O. The summed E-state index contributed by atoms with van der Waals surface area (Å²) in [4.78, 5) is 27.7. The number of hydrogen-bond donors (Lipinski definition) is 1. The van der Waals surface area contributed by atoms with E-state index >= 15 is 0 Å². The Morgan fingerprint density at radius 2 is 2.09 bits per heavy atom. The van der Waals surface area contributed by atoms with E-state index in [-0.39, 0.29) is 11.9 Å². The summed E-state index contributed by atoms with van der Waals surface area (Å²) >= 11 is 0. The van der Waals surface area contributed by atoms with E-state index in [1.165, 1.54) is 0 Å². The maximum atomic E-state index is 12.5. The number of likely N-dealkylation sites (tertiary alicyclic amines) is 1. The fourth-order valence-electron chi connectivity index (χ4n) is 2.85. The molecule has 1 aliphatic heterocycles. The Bertz CT molecular complexity index is 545. The SMILES string of the molecule is CNCc1cc(N(C)C)nc([C@H]2CCCN2C(=O)CN(C)C)n1. The summed E-state index contributed by atoms with van der Waals surface area (Å²) in [6.07, 6.45) is 1.93. The second kappa shape index (κ2) is 7.70. The second-order valence-corrected chi connectivity index (χ2v) is 6.48. The van der Waals surface area contributed by atoms with Crippen LogP contribution in [0, 0.1) is 0 Å². The minimum absolute atomic E-state index is 0.0158. The lowest BCUT2D eigenvalue weighted by Crippen LogP contribution is -2.38. The Morgan fingerprint density at radius 1 is 1.35 bits per heavy atom. The van der Waals surface area contributed by atoms with Crippen molar-refractivity contribution in [3.63, 3.8) is 0 Å². The Hall–Kier alpha value is -1.73. The van der Waals surface area contributed by atoms with Crippen LogP contribution < -0.4 is 10.2 Å². The summed E-state index contributed by atoms with van der Waals surface area (Å²) in [6.45, 7) is 1.90. The number of aromatic nitrogens is 2. The van der Waals surface area contributed by atoms with E-state index < -0.39 is 0 Å². The summed E-state index contributed by atoms with van der Waals surface area (Å²) in [5.74, 6) is 1.78. The van der Waals surface area contributed by atoms with Gasteiger partial charge in [-0.2, -0.15) is 0 Å². The van der Waals surface area contributed by atoms with Crippen molar-refractivity contribution in [1.82, 2.24) is 25.1 Å². The fourth-order valence-corrected chi connectivity index (χ4v) is 2.85. The molecule has 0 saturated carbocycles. The van der Waals surface area contributed by atoms with Gasteiger partial charge in [0.25, 0.3) is 0 Å². The first kappa shape index (κ1) is 17.6. The molecule has 0 aromatic carbocycles. The number of rotatable bonds is 6. The Kier molecular flexibility index (Phi) is 5.90. The van der Waals surface area contributed by atoms with Crippen molar-refractivity contribution in [2.45, 2.75) is 25.4 Å². The molecule has 1 amide bonds. The van der Waals surface area contributed by atoms with Gasteiger partial charge < -0.3 is 20.0 Å². The normalized spacial score (nSPS) is 17.8. The van der Waals surface area contributed by atoms with E-state index in [4.69, 9.17) is 4.98 Å². The zero-order valence-electron chi connectivity index (χ0n) is 14.8. The molecule has 7 nitrogen and oxygen atoms in total. The molecule has 0 bridgehead atoms. The Morgan fingerprint density at radius 3 is 2.70 bits per heavy atom. The molecule has 1 aromatic heterocycles. The molecule has 1 aliphatic rings. The fraction of sp³-hybridized carbons (Fsp3) is 0.688. The molecule has 0 aliphatic carbocycles. The van der Waals surface area contributed by atoms with E-state index in [9.17, 15) is 4.79 Å². The van der Waals surface area contributed by atoms with Crippen LogP contribution in [0.1, 0.15) is 30.4 Å². The summed E-state index contributed by atoms with van der Waals surface area (Å²) in [6, 6.07) is 1.97. The van der Waals surface area contributed by atoms with Gasteiger partial charge in [-0.25, -0.2) is 9.97 Å². The first-order valence-electron chi connectivity index (χ1n) is 8.06. The van der Waals surface area contributed by atoms with Gasteiger partial charge in [0.05, 0.1) is 18.3 Å². The van der Waals surface area contributed by atoms with E-state index in [0.717, 1.165) is 36.7 Å². The van der Waals surface area contributed by atoms with Crippen LogP contribution >= 0.6 is 0 Å². The van der Waals surface area contributed by atoms with Crippen molar-refractivity contribution in [1.29, 1.82) is 0 Å². The highest BCUT2D eigenvalue weighted by Crippen LogP contribution is 2.31. The van der Waals surface area contributed by atoms with Gasteiger partial charge in [0.2, 0.25) is 5.91 Å². The smallest absolute Gasteiger partial charge is 0.237 e. The van der Waals surface area contributed by atoms with Crippen LogP contribution in [-0.4, -0.2) is 74.0 Å². The molecule has 0 radical (unpaired) electrons. The van der Waals surface area contributed by atoms with Gasteiger partial charge in [0, 0.05) is 33.3 Å². The van der Waals surface area contributed by atoms with Crippen molar-refractivity contribution in [3.8, 4) is 0 Å². The number of nitrogens with one attached hydrogen (secondary N) is 1. The van der Waals surface area contributed by atoms with Crippen LogP contribution in [0.15, 0.2) is 6.07 Å². The van der Waals surface area contributed by atoms with Crippen LogP contribution in [-0.2, 0) is 11.3 Å². The first-order chi connectivity index (χ1) is 10.9. The zero-order chi connectivity index (χ0) is 17.0. The highest BCUT2D eigenvalue weighted by molar-refractivity contribution is 5.79. The summed E-state index contributed by atoms with van der Waals surface area (Å²) < 4.78 is 0. The molecule has 1 aromatic rings. The van der Waals surface area contributed by atoms with Crippen molar-refractivity contribution in [2.75, 3.05) is 53.2 Å². The molecule has 0 spiro atoms. The molecule has 1 fully saturated rings. The van der Waals surface area contributed by atoms with Gasteiger partial charge >= 0.3 is 0 Å². The van der Waals surface area contributed by atoms with Crippen molar-refractivity contribution < 1.29 is 4.79 Å². The number of amides is 1. The van der Waals surface area contributed by atoms with Gasteiger partial charge in [-0.15, -0.1) is 0 Å². The maximum Gasteiger partial charge on any atom is 0.237 e. The monoisotopic (exact) mass is 320 g/mol. The third-order valence-electron chi connectivity index (χ3n) is 3.92. The quantitative estimate of drug-likeness (QED) is 0.823. The molecule has 1 atom stereocenters. The standard InChI is InChI=1S/C16H28N6O/c1-17-10-12-9-14(21(4)5)19-16(18-12)13-7-6-8-22(13)15(23)11-20(2)3/h9,13,17H,6-8,10-11H2,1-5H3/t13-/m1/s1. The lowest BCUT2D eigenvalue weighted by molar-refractivity contribution is -0.132. The number of hydrogen-bond acceptors (Lipinski definition) is 6. The highest BCUT2D eigenvalue weighted by atomic mass is 16.2. The number of nitrogens with zero attached hydrogens (tertiary/aromatic N) is 5. The van der Waals surface area contributed by atoms with E-state index in [1.54, 1.807) is 0 Å². The van der Waals surface area contributed by atoms with Crippen LogP contribution in [0.5, 0.6) is 0 Å². The first-order valence-corrected chi connectivity index (χ1v) is 8.06. The largest absolute Gasteiger partial charge is 0.363 e. The van der Waals surface area contributed by atoms with E-state index in [2.05, 4.69) is 10.3 Å². The van der Waals surface area contributed by atoms with Crippen molar-refractivity contribution >= 4 is 11.7 Å². The third-order valence-corrected chi connectivity index (χ3v) is 3.92. The number of carbonyl (C=O) groups is 1. The molecule has 23 heavy (non-hydrogen) atoms. The van der Waals surface area contributed by atoms with Crippen molar-refractivity contribution in [3.05, 3.63) is 17.6 Å².